The van der Waals surface area contributed by atoms with Gasteiger partial charge in [-0.25, -0.2) is 0 Å². The molecule has 0 saturated heterocycles. The molecule has 0 aromatic heterocycles. The SMILES string of the molecule is O=C(NCc1ccccc1)c1ccc(C(=O)NC2CCCC2)cc1. The molecule has 24 heavy (non-hydrogen) atoms. The summed E-state index contributed by atoms with van der Waals surface area (Å²) < 4.78 is 0. The highest BCUT2D eigenvalue weighted by Crippen LogP contribution is 2.18. The minimum Gasteiger partial charge on any atom is -0.349 e. The predicted octanol–water partition coefficient (Wildman–Crippen LogP) is 3.29. The summed E-state index contributed by atoms with van der Waals surface area (Å²) in [5.41, 5.74) is 2.21. The number of amides is 2. The van der Waals surface area contributed by atoms with Gasteiger partial charge in [-0.2, -0.15) is 0 Å². The lowest BCUT2D eigenvalue weighted by Crippen LogP contribution is -2.32. The molecule has 2 aromatic carbocycles. The van der Waals surface area contributed by atoms with Crippen LogP contribution in [0.15, 0.2) is 54.6 Å². The van der Waals surface area contributed by atoms with Gasteiger partial charge in [0.25, 0.3) is 11.8 Å². The zero-order valence-electron chi connectivity index (χ0n) is 13.6. The molecule has 3 rings (SSSR count). The van der Waals surface area contributed by atoms with Gasteiger partial charge < -0.3 is 10.6 Å². The number of benzene rings is 2. The summed E-state index contributed by atoms with van der Waals surface area (Å²) >= 11 is 0. The molecule has 0 radical (unpaired) electrons. The summed E-state index contributed by atoms with van der Waals surface area (Å²) in [4.78, 5) is 24.3. The van der Waals surface area contributed by atoms with Gasteiger partial charge in [0.1, 0.15) is 0 Å². The van der Waals surface area contributed by atoms with Crippen LogP contribution in [-0.4, -0.2) is 17.9 Å². The monoisotopic (exact) mass is 322 g/mol. The van der Waals surface area contributed by atoms with Crippen LogP contribution >= 0.6 is 0 Å². The van der Waals surface area contributed by atoms with Crippen molar-refractivity contribution in [3.8, 4) is 0 Å². The molecule has 1 saturated carbocycles. The molecule has 0 aliphatic heterocycles. The van der Waals surface area contributed by atoms with Crippen molar-refractivity contribution in [3.63, 3.8) is 0 Å². The zero-order chi connectivity index (χ0) is 16.8. The van der Waals surface area contributed by atoms with Crippen LogP contribution in [0.25, 0.3) is 0 Å². The first kappa shape index (κ1) is 16.2. The summed E-state index contributed by atoms with van der Waals surface area (Å²) in [6.07, 6.45) is 4.49. The van der Waals surface area contributed by atoms with E-state index < -0.39 is 0 Å². The summed E-state index contributed by atoms with van der Waals surface area (Å²) in [6, 6.07) is 16.9. The average molecular weight is 322 g/mol. The van der Waals surface area contributed by atoms with Crippen molar-refractivity contribution < 1.29 is 9.59 Å². The van der Waals surface area contributed by atoms with Gasteiger partial charge >= 0.3 is 0 Å². The van der Waals surface area contributed by atoms with Crippen LogP contribution in [0, 0.1) is 0 Å². The molecule has 0 spiro atoms. The Bertz CT molecular complexity index is 689. The van der Waals surface area contributed by atoms with Crippen molar-refractivity contribution in [2.45, 2.75) is 38.3 Å². The molecule has 4 heteroatoms. The van der Waals surface area contributed by atoms with Gasteiger partial charge in [0, 0.05) is 23.7 Å². The van der Waals surface area contributed by atoms with E-state index in [-0.39, 0.29) is 11.8 Å². The fraction of sp³-hybridized carbons (Fsp3) is 0.300. The van der Waals surface area contributed by atoms with E-state index in [1.165, 1.54) is 12.8 Å². The number of carbonyl (C=O) groups excluding carboxylic acids is 2. The lowest BCUT2D eigenvalue weighted by Gasteiger charge is -2.12. The molecule has 2 amide bonds. The van der Waals surface area contributed by atoms with Crippen LogP contribution < -0.4 is 10.6 Å². The topological polar surface area (TPSA) is 58.2 Å². The molecule has 1 fully saturated rings. The number of rotatable bonds is 5. The molecule has 1 aliphatic rings. The smallest absolute Gasteiger partial charge is 0.251 e. The predicted molar refractivity (Wildman–Crippen MR) is 93.8 cm³/mol. The molecule has 0 unspecified atom stereocenters. The Morgan fingerprint density at radius 1 is 0.833 bits per heavy atom. The minimum absolute atomic E-state index is 0.0573. The van der Waals surface area contributed by atoms with E-state index in [2.05, 4.69) is 10.6 Å². The minimum atomic E-state index is -0.137. The Morgan fingerprint density at radius 2 is 1.42 bits per heavy atom. The standard InChI is InChI=1S/C20H22N2O2/c23-19(21-14-15-6-2-1-3-7-15)16-10-12-17(13-11-16)20(24)22-18-8-4-5-9-18/h1-3,6-7,10-13,18H,4-5,8-9,14H2,(H,21,23)(H,22,24). The third-order valence-electron chi connectivity index (χ3n) is 4.40. The van der Waals surface area contributed by atoms with Crippen molar-refractivity contribution in [2.75, 3.05) is 0 Å². The number of hydrogen-bond acceptors (Lipinski definition) is 2. The van der Waals surface area contributed by atoms with Crippen LogP contribution in [0.3, 0.4) is 0 Å². The first-order valence-corrected chi connectivity index (χ1v) is 8.45. The van der Waals surface area contributed by atoms with Gasteiger partial charge in [-0.15, -0.1) is 0 Å². The normalized spacial score (nSPS) is 14.3. The fourth-order valence-electron chi connectivity index (χ4n) is 2.99. The first-order chi connectivity index (χ1) is 11.7. The van der Waals surface area contributed by atoms with Gasteiger partial charge in [-0.05, 0) is 42.7 Å². The highest BCUT2D eigenvalue weighted by atomic mass is 16.2. The first-order valence-electron chi connectivity index (χ1n) is 8.45. The Balaban J connectivity index is 1.55. The van der Waals surface area contributed by atoms with Crippen molar-refractivity contribution >= 4 is 11.8 Å². The summed E-state index contributed by atoms with van der Waals surface area (Å²) in [5.74, 6) is -0.195. The molecule has 4 nitrogen and oxygen atoms in total. The van der Waals surface area contributed by atoms with E-state index in [1.807, 2.05) is 30.3 Å². The quantitative estimate of drug-likeness (QED) is 0.887. The van der Waals surface area contributed by atoms with E-state index in [4.69, 9.17) is 0 Å². The van der Waals surface area contributed by atoms with E-state index in [0.29, 0.717) is 23.7 Å². The second-order valence-corrected chi connectivity index (χ2v) is 6.20. The van der Waals surface area contributed by atoms with Gasteiger partial charge in [0.05, 0.1) is 0 Å². The molecule has 2 N–H and O–H groups in total. The second kappa shape index (κ2) is 7.77. The van der Waals surface area contributed by atoms with Crippen LogP contribution in [0.4, 0.5) is 0 Å². The van der Waals surface area contributed by atoms with Crippen molar-refractivity contribution in [3.05, 3.63) is 71.3 Å². The number of carbonyl (C=O) groups is 2. The highest BCUT2D eigenvalue weighted by molar-refractivity contribution is 5.97. The zero-order valence-corrected chi connectivity index (χ0v) is 13.6. The average Bonchev–Trinajstić information content (AvgIpc) is 3.13. The van der Waals surface area contributed by atoms with Crippen LogP contribution in [-0.2, 0) is 6.54 Å². The third-order valence-corrected chi connectivity index (χ3v) is 4.40. The van der Waals surface area contributed by atoms with Crippen molar-refractivity contribution in [1.29, 1.82) is 0 Å². The molecule has 0 atom stereocenters. The molecule has 0 heterocycles. The third kappa shape index (κ3) is 4.22. The maximum atomic E-state index is 12.2. The lowest BCUT2D eigenvalue weighted by atomic mass is 10.1. The Morgan fingerprint density at radius 3 is 2.04 bits per heavy atom. The fourth-order valence-corrected chi connectivity index (χ4v) is 2.99. The molecule has 0 bridgehead atoms. The molecule has 124 valence electrons. The van der Waals surface area contributed by atoms with Crippen molar-refractivity contribution in [1.82, 2.24) is 10.6 Å². The van der Waals surface area contributed by atoms with Crippen LogP contribution in [0.2, 0.25) is 0 Å². The number of nitrogens with one attached hydrogen (secondary N) is 2. The van der Waals surface area contributed by atoms with Crippen LogP contribution in [0.1, 0.15) is 52.0 Å². The lowest BCUT2D eigenvalue weighted by molar-refractivity contribution is 0.0930. The highest BCUT2D eigenvalue weighted by Gasteiger charge is 2.18. The van der Waals surface area contributed by atoms with Gasteiger partial charge in [-0.3, -0.25) is 9.59 Å². The molecular formula is C20H22N2O2. The molecular weight excluding hydrogens is 300 g/mol. The Kier molecular flexibility index (Phi) is 5.26. The Labute approximate surface area is 142 Å². The summed E-state index contributed by atoms with van der Waals surface area (Å²) in [7, 11) is 0. The maximum absolute atomic E-state index is 12.2. The van der Waals surface area contributed by atoms with E-state index >= 15 is 0 Å². The number of hydrogen-bond donors (Lipinski definition) is 2. The van der Waals surface area contributed by atoms with E-state index in [1.54, 1.807) is 24.3 Å². The Hall–Kier alpha value is -2.62. The van der Waals surface area contributed by atoms with Crippen LogP contribution in [0.5, 0.6) is 0 Å². The molecule has 1 aliphatic carbocycles. The van der Waals surface area contributed by atoms with Gasteiger partial charge in [-0.1, -0.05) is 43.2 Å². The second-order valence-electron chi connectivity index (χ2n) is 6.20. The van der Waals surface area contributed by atoms with E-state index in [0.717, 1.165) is 18.4 Å². The van der Waals surface area contributed by atoms with Gasteiger partial charge in [0.2, 0.25) is 0 Å². The van der Waals surface area contributed by atoms with Crippen molar-refractivity contribution in [2.24, 2.45) is 0 Å². The molecule has 2 aromatic rings. The van der Waals surface area contributed by atoms with E-state index in [9.17, 15) is 9.59 Å². The summed E-state index contributed by atoms with van der Waals surface area (Å²) in [6.45, 7) is 0.490. The maximum Gasteiger partial charge on any atom is 0.251 e. The largest absolute Gasteiger partial charge is 0.349 e. The summed E-state index contributed by atoms with van der Waals surface area (Å²) in [5, 5.41) is 5.93. The van der Waals surface area contributed by atoms with Gasteiger partial charge in [0.15, 0.2) is 0 Å².